The summed E-state index contributed by atoms with van der Waals surface area (Å²) in [4.78, 5) is 17.0. The van der Waals surface area contributed by atoms with Crippen LogP contribution < -0.4 is 9.47 Å². The monoisotopic (exact) mass is 364 g/mol. The zero-order valence-corrected chi connectivity index (χ0v) is 15.6. The number of aliphatic hydroxyl groups is 1. The first-order valence-electron chi connectivity index (χ1n) is 9.08. The van der Waals surface area contributed by atoms with Crippen LogP contribution in [0.3, 0.4) is 0 Å². The van der Waals surface area contributed by atoms with E-state index >= 15 is 0 Å². The van der Waals surface area contributed by atoms with Gasteiger partial charge in [-0.25, -0.2) is 0 Å². The fraction of sp³-hybridized carbons (Fsp3) is 0.632. The Morgan fingerprint density at radius 3 is 2.69 bits per heavy atom. The van der Waals surface area contributed by atoms with Crippen molar-refractivity contribution in [1.82, 2.24) is 9.80 Å². The molecule has 1 aromatic carbocycles. The average molecular weight is 364 g/mol. The molecule has 144 valence electrons. The van der Waals surface area contributed by atoms with Gasteiger partial charge in [0.2, 0.25) is 0 Å². The van der Waals surface area contributed by atoms with E-state index in [0.29, 0.717) is 36.8 Å². The molecule has 7 heteroatoms. The van der Waals surface area contributed by atoms with E-state index in [1.165, 1.54) is 7.11 Å². The normalized spacial score (nSPS) is 24.3. The standard InChI is InChI=1S/C19H28N2O5/c1-24-15-5-6-16(17(11-15)25-2)18(22)21-9-10-26-14-19(23,13-21)12-20-7-3-4-8-20/h5-6,11,23H,3-4,7-10,12-14H2,1-2H3/t19-/m1/s1. The maximum absolute atomic E-state index is 13.1. The quantitative estimate of drug-likeness (QED) is 0.841. The molecule has 0 saturated carbocycles. The Hall–Kier alpha value is -1.83. The first kappa shape index (κ1) is 18.9. The summed E-state index contributed by atoms with van der Waals surface area (Å²) in [5.74, 6) is 0.917. The van der Waals surface area contributed by atoms with Crippen LogP contribution in [0.25, 0.3) is 0 Å². The van der Waals surface area contributed by atoms with E-state index in [1.54, 1.807) is 30.2 Å². The lowest BCUT2D eigenvalue weighted by Crippen LogP contribution is -2.53. The molecular formula is C19H28N2O5. The van der Waals surface area contributed by atoms with Crippen LogP contribution in [-0.2, 0) is 4.74 Å². The lowest BCUT2D eigenvalue weighted by molar-refractivity contribution is -0.0524. The Kier molecular flexibility index (Phi) is 6.01. The number of nitrogens with zero attached hydrogens (tertiary/aromatic N) is 2. The minimum absolute atomic E-state index is 0.171. The summed E-state index contributed by atoms with van der Waals surface area (Å²) in [7, 11) is 3.10. The molecule has 2 aliphatic heterocycles. The van der Waals surface area contributed by atoms with Crippen LogP contribution in [0.2, 0.25) is 0 Å². The molecule has 0 unspecified atom stereocenters. The number of hydrogen-bond donors (Lipinski definition) is 1. The lowest BCUT2D eigenvalue weighted by atomic mass is 10.0. The van der Waals surface area contributed by atoms with Crippen LogP contribution in [-0.4, -0.2) is 86.6 Å². The van der Waals surface area contributed by atoms with Crippen LogP contribution in [0.4, 0.5) is 0 Å². The van der Waals surface area contributed by atoms with Gasteiger partial charge in [-0.2, -0.15) is 0 Å². The van der Waals surface area contributed by atoms with Gasteiger partial charge >= 0.3 is 0 Å². The number of amides is 1. The molecule has 2 heterocycles. The van der Waals surface area contributed by atoms with Crippen molar-refractivity contribution in [3.63, 3.8) is 0 Å². The van der Waals surface area contributed by atoms with Crippen molar-refractivity contribution in [3.05, 3.63) is 23.8 Å². The molecule has 0 aromatic heterocycles. The van der Waals surface area contributed by atoms with Crippen molar-refractivity contribution in [2.45, 2.75) is 18.4 Å². The van der Waals surface area contributed by atoms with Gasteiger partial charge in [0.1, 0.15) is 17.1 Å². The molecule has 1 atom stereocenters. The highest BCUT2D eigenvalue weighted by Crippen LogP contribution is 2.27. The summed E-state index contributed by atoms with van der Waals surface area (Å²) in [5.41, 5.74) is -0.602. The second kappa shape index (κ2) is 8.24. The van der Waals surface area contributed by atoms with Gasteiger partial charge in [-0.15, -0.1) is 0 Å². The maximum Gasteiger partial charge on any atom is 0.257 e. The third-order valence-electron chi connectivity index (χ3n) is 5.00. The fourth-order valence-corrected chi connectivity index (χ4v) is 3.69. The smallest absolute Gasteiger partial charge is 0.257 e. The molecule has 1 N–H and O–H groups in total. The second-order valence-corrected chi connectivity index (χ2v) is 7.05. The Morgan fingerprint density at radius 2 is 2.00 bits per heavy atom. The first-order chi connectivity index (χ1) is 12.5. The van der Waals surface area contributed by atoms with Crippen LogP contribution in [0.15, 0.2) is 18.2 Å². The van der Waals surface area contributed by atoms with Gasteiger partial charge in [0.15, 0.2) is 0 Å². The van der Waals surface area contributed by atoms with Gasteiger partial charge < -0.3 is 29.1 Å². The molecule has 2 saturated heterocycles. The number of carbonyl (C=O) groups is 1. The number of rotatable bonds is 5. The van der Waals surface area contributed by atoms with Crippen molar-refractivity contribution in [2.24, 2.45) is 0 Å². The zero-order chi connectivity index (χ0) is 18.6. The number of carbonyl (C=O) groups excluding carboxylic acids is 1. The summed E-state index contributed by atoms with van der Waals surface area (Å²) in [5, 5.41) is 11.1. The highest BCUT2D eigenvalue weighted by Gasteiger charge is 2.37. The third-order valence-corrected chi connectivity index (χ3v) is 5.00. The SMILES string of the molecule is COc1ccc(C(=O)N2CCOC[C@@](O)(CN3CCCC3)C2)c(OC)c1. The molecule has 2 fully saturated rings. The molecule has 7 nitrogen and oxygen atoms in total. The number of benzene rings is 1. The van der Waals surface area contributed by atoms with Crippen molar-refractivity contribution in [3.8, 4) is 11.5 Å². The lowest BCUT2D eigenvalue weighted by Gasteiger charge is -2.34. The molecule has 0 radical (unpaired) electrons. The third kappa shape index (κ3) is 4.28. The first-order valence-corrected chi connectivity index (χ1v) is 9.08. The number of hydrogen-bond acceptors (Lipinski definition) is 6. The fourth-order valence-electron chi connectivity index (χ4n) is 3.69. The summed E-state index contributed by atoms with van der Waals surface area (Å²) in [6.07, 6.45) is 2.31. The highest BCUT2D eigenvalue weighted by molar-refractivity contribution is 5.97. The molecule has 1 amide bonds. The Labute approximate surface area is 154 Å². The second-order valence-electron chi connectivity index (χ2n) is 7.05. The van der Waals surface area contributed by atoms with Crippen molar-refractivity contribution in [1.29, 1.82) is 0 Å². The van der Waals surface area contributed by atoms with Gasteiger partial charge in [0, 0.05) is 19.2 Å². The number of likely N-dealkylation sites (tertiary alicyclic amines) is 1. The minimum atomic E-state index is -1.06. The zero-order valence-electron chi connectivity index (χ0n) is 15.6. The predicted molar refractivity (Wildman–Crippen MR) is 96.9 cm³/mol. The Morgan fingerprint density at radius 1 is 1.23 bits per heavy atom. The minimum Gasteiger partial charge on any atom is -0.497 e. The molecule has 26 heavy (non-hydrogen) atoms. The van der Waals surface area contributed by atoms with Gasteiger partial charge in [0.05, 0.1) is 39.5 Å². The van der Waals surface area contributed by atoms with Crippen molar-refractivity contribution >= 4 is 5.91 Å². The van der Waals surface area contributed by atoms with E-state index in [9.17, 15) is 9.90 Å². The molecule has 0 bridgehead atoms. The van der Waals surface area contributed by atoms with Gasteiger partial charge in [-0.05, 0) is 38.1 Å². The summed E-state index contributed by atoms with van der Waals surface area (Å²) in [6.45, 7) is 3.84. The molecule has 0 aliphatic carbocycles. The van der Waals surface area contributed by atoms with Crippen molar-refractivity contribution < 1.29 is 24.1 Å². The Balaban J connectivity index is 1.77. The van der Waals surface area contributed by atoms with Crippen molar-refractivity contribution in [2.75, 3.05) is 60.2 Å². The van der Waals surface area contributed by atoms with Gasteiger partial charge in [-0.3, -0.25) is 4.79 Å². The number of ether oxygens (including phenoxy) is 3. The molecule has 2 aliphatic rings. The van der Waals surface area contributed by atoms with Gasteiger partial charge in [0.25, 0.3) is 5.91 Å². The van der Waals surface area contributed by atoms with E-state index in [2.05, 4.69) is 4.90 Å². The number of β-amino-alcohol motifs (C(OH)–C–C–N with tert-alkyl or cyclic N) is 1. The van der Waals surface area contributed by atoms with Gasteiger partial charge in [-0.1, -0.05) is 0 Å². The summed E-state index contributed by atoms with van der Waals surface area (Å²) in [6, 6.07) is 5.13. The van der Waals surface area contributed by atoms with E-state index in [4.69, 9.17) is 14.2 Å². The van der Waals surface area contributed by atoms with E-state index in [-0.39, 0.29) is 19.1 Å². The van der Waals surface area contributed by atoms with Crippen LogP contribution >= 0.6 is 0 Å². The summed E-state index contributed by atoms with van der Waals surface area (Å²) >= 11 is 0. The number of methoxy groups -OCH3 is 2. The van der Waals surface area contributed by atoms with E-state index in [1.807, 2.05) is 0 Å². The largest absolute Gasteiger partial charge is 0.497 e. The van der Waals surface area contributed by atoms with Crippen LogP contribution in [0.5, 0.6) is 11.5 Å². The highest BCUT2D eigenvalue weighted by atomic mass is 16.5. The summed E-state index contributed by atoms with van der Waals surface area (Å²) < 4.78 is 16.2. The molecule has 0 spiro atoms. The van der Waals surface area contributed by atoms with E-state index in [0.717, 1.165) is 25.9 Å². The molecular weight excluding hydrogens is 336 g/mol. The Bertz CT molecular complexity index is 632. The van der Waals surface area contributed by atoms with Crippen LogP contribution in [0.1, 0.15) is 23.2 Å². The van der Waals surface area contributed by atoms with E-state index < -0.39 is 5.60 Å². The molecule has 3 rings (SSSR count). The molecule has 1 aromatic rings. The average Bonchev–Trinajstić information content (AvgIpc) is 3.07. The topological polar surface area (TPSA) is 71.5 Å². The maximum atomic E-state index is 13.1. The predicted octanol–water partition coefficient (Wildman–Crippen LogP) is 1.00. The van der Waals surface area contributed by atoms with Crippen LogP contribution in [0, 0.1) is 0 Å².